The average molecular weight is 199 g/mol. The first kappa shape index (κ1) is 9.59. The van der Waals surface area contributed by atoms with E-state index in [4.69, 9.17) is 4.74 Å². The second-order valence-corrected chi connectivity index (χ2v) is 3.37. The average Bonchev–Trinajstić information content (AvgIpc) is 2.25. The van der Waals surface area contributed by atoms with E-state index in [1.54, 1.807) is 12.1 Å². The summed E-state index contributed by atoms with van der Waals surface area (Å²) < 4.78 is 5.48. The van der Waals surface area contributed by atoms with Gasteiger partial charge in [0.2, 0.25) is 5.75 Å². The molecule has 2 rings (SSSR count). The fourth-order valence-corrected chi connectivity index (χ4v) is 1.31. The summed E-state index contributed by atoms with van der Waals surface area (Å²) in [6, 6.07) is 14.3. The Morgan fingerprint density at radius 1 is 1.00 bits per heavy atom. The van der Waals surface area contributed by atoms with Gasteiger partial charge in [-0.25, -0.2) is 0 Å². The van der Waals surface area contributed by atoms with Crippen LogP contribution < -0.4 is 4.74 Å². The zero-order chi connectivity index (χ0) is 10.7. The third-order valence-corrected chi connectivity index (χ3v) is 2.07. The Hall–Kier alpha value is -1.96. The van der Waals surface area contributed by atoms with Crippen LogP contribution in [0.2, 0.25) is 0 Å². The molecule has 0 unspecified atom stereocenters. The highest BCUT2D eigenvalue weighted by Gasteiger charge is 2.05. The van der Waals surface area contributed by atoms with Crippen LogP contribution in [0, 0.1) is 6.92 Å². The molecule has 0 aromatic heterocycles. The molecule has 2 aromatic rings. The van der Waals surface area contributed by atoms with E-state index in [1.807, 2.05) is 37.3 Å². The van der Waals surface area contributed by atoms with Crippen molar-refractivity contribution < 1.29 is 9.84 Å². The normalized spacial score (nSPS) is 9.93. The van der Waals surface area contributed by atoms with E-state index in [9.17, 15) is 5.11 Å². The van der Waals surface area contributed by atoms with Crippen LogP contribution in [0.1, 0.15) is 5.56 Å². The summed E-state index contributed by atoms with van der Waals surface area (Å²) in [4.78, 5) is 0. The van der Waals surface area contributed by atoms with Crippen molar-refractivity contribution >= 4 is 0 Å². The molecule has 1 radical (unpaired) electrons. The highest BCUT2D eigenvalue weighted by atomic mass is 16.5. The molecule has 0 aliphatic heterocycles. The van der Waals surface area contributed by atoms with Crippen molar-refractivity contribution in [2.45, 2.75) is 6.92 Å². The Bertz CT molecular complexity index is 449. The minimum Gasteiger partial charge on any atom is -0.453 e. The van der Waals surface area contributed by atoms with Gasteiger partial charge in [-0.05, 0) is 36.8 Å². The molecule has 0 spiro atoms. The summed E-state index contributed by atoms with van der Waals surface area (Å²) in [5, 5.41) is 11.5. The fraction of sp³-hybridized carbons (Fsp3) is 0.0769. The third kappa shape index (κ3) is 2.29. The van der Waals surface area contributed by atoms with E-state index >= 15 is 0 Å². The summed E-state index contributed by atoms with van der Waals surface area (Å²) in [6.07, 6.45) is 0. The lowest BCUT2D eigenvalue weighted by Crippen LogP contribution is -1.84. The Kier molecular flexibility index (Phi) is 2.59. The second kappa shape index (κ2) is 4.05. The zero-order valence-corrected chi connectivity index (χ0v) is 8.44. The van der Waals surface area contributed by atoms with E-state index in [-0.39, 0.29) is 5.75 Å². The maximum atomic E-state index is 11.5. The van der Waals surface area contributed by atoms with Crippen LogP contribution in [0.5, 0.6) is 17.2 Å². The SMILES string of the molecule is Cc1ccc([O])c(Oc2ccccc2)c1. The molecule has 0 amide bonds. The number of ether oxygens (including phenoxy) is 1. The molecular formula is C13H11O2. The standard InChI is InChI=1S/C13H11O2/c1-10-7-8-12(14)13(9-10)15-11-5-3-2-4-6-11/h2-9H,1H3. The molecule has 0 aliphatic carbocycles. The van der Waals surface area contributed by atoms with Gasteiger partial charge in [0.25, 0.3) is 0 Å². The molecule has 0 atom stereocenters. The Morgan fingerprint density at radius 3 is 2.47 bits per heavy atom. The van der Waals surface area contributed by atoms with Crippen molar-refractivity contribution in [1.29, 1.82) is 0 Å². The molecule has 0 saturated heterocycles. The van der Waals surface area contributed by atoms with Gasteiger partial charge in [0.1, 0.15) is 5.75 Å². The van der Waals surface area contributed by atoms with Gasteiger partial charge < -0.3 is 4.74 Å². The number of rotatable bonds is 2. The molecule has 15 heavy (non-hydrogen) atoms. The van der Waals surface area contributed by atoms with E-state index in [2.05, 4.69) is 0 Å². The first-order valence-corrected chi connectivity index (χ1v) is 4.76. The molecule has 75 valence electrons. The van der Waals surface area contributed by atoms with Crippen LogP contribution in [0.15, 0.2) is 48.5 Å². The largest absolute Gasteiger partial charge is 0.453 e. The van der Waals surface area contributed by atoms with Gasteiger partial charge in [0.15, 0.2) is 5.75 Å². The third-order valence-electron chi connectivity index (χ3n) is 2.07. The van der Waals surface area contributed by atoms with Crippen LogP contribution in [0.25, 0.3) is 0 Å². The first-order chi connectivity index (χ1) is 7.25. The predicted octanol–water partition coefficient (Wildman–Crippen LogP) is 3.93. The molecule has 0 bridgehead atoms. The van der Waals surface area contributed by atoms with Gasteiger partial charge >= 0.3 is 0 Å². The summed E-state index contributed by atoms with van der Waals surface area (Å²) in [7, 11) is 0. The molecule has 2 nitrogen and oxygen atoms in total. The lowest BCUT2D eigenvalue weighted by molar-refractivity contribution is 0.329. The lowest BCUT2D eigenvalue weighted by atomic mass is 10.2. The van der Waals surface area contributed by atoms with Gasteiger partial charge in [0.05, 0.1) is 0 Å². The number of hydrogen-bond donors (Lipinski definition) is 0. The maximum Gasteiger partial charge on any atom is 0.221 e. The predicted molar refractivity (Wildman–Crippen MR) is 57.8 cm³/mol. The molecule has 0 fully saturated rings. The summed E-state index contributed by atoms with van der Waals surface area (Å²) in [5.41, 5.74) is 1.01. The molecule has 0 aliphatic rings. The van der Waals surface area contributed by atoms with Gasteiger partial charge in [-0.3, -0.25) is 5.11 Å². The van der Waals surface area contributed by atoms with Crippen molar-refractivity contribution in [1.82, 2.24) is 0 Å². The lowest BCUT2D eigenvalue weighted by Gasteiger charge is -2.06. The molecular weight excluding hydrogens is 188 g/mol. The van der Waals surface area contributed by atoms with E-state index in [0.29, 0.717) is 11.5 Å². The van der Waals surface area contributed by atoms with Gasteiger partial charge in [-0.2, -0.15) is 0 Å². The Morgan fingerprint density at radius 2 is 1.73 bits per heavy atom. The molecule has 2 heteroatoms. The summed E-state index contributed by atoms with van der Waals surface area (Å²) in [6.45, 7) is 1.93. The minimum absolute atomic E-state index is 0.0931. The number of para-hydroxylation sites is 1. The van der Waals surface area contributed by atoms with Crippen molar-refractivity contribution in [3.8, 4) is 17.2 Å². The maximum absolute atomic E-state index is 11.5. The topological polar surface area (TPSA) is 29.1 Å². The van der Waals surface area contributed by atoms with Crippen LogP contribution in [0.4, 0.5) is 0 Å². The van der Waals surface area contributed by atoms with Crippen LogP contribution in [0.3, 0.4) is 0 Å². The summed E-state index contributed by atoms with van der Waals surface area (Å²) in [5.74, 6) is 0.964. The highest BCUT2D eigenvalue weighted by molar-refractivity contribution is 5.43. The number of benzene rings is 2. The molecule has 0 heterocycles. The van der Waals surface area contributed by atoms with Gasteiger partial charge in [0, 0.05) is 0 Å². The smallest absolute Gasteiger partial charge is 0.221 e. The van der Waals surface area contributed by atoms with Crippen LogP contribution >= 0.6 is 0 Å². The van der Waals surface area contributed by atoms with Crippen molar-refractivity contribution in [3.05, 3.63) is 54.1 Å². The van der Waals surface area contributed by atoms with Gasteiger partial charge in [-0.1, -0.05) is 24.3 Å². The van der Waals surface area contributed by atoms with E-state index in [1.165, 1.54) is 6.07 Å². The Labute approximate surface area is 88.8 Å². The van der Waals surface area contributed by atoms with Crippen molar-refractivity contribution in [2.24, 2.45) is 0 Å². The zero-order valence-electron chi connectivity index (χ0n) is 8.44. The van der Waals surface area contributed by atoms with Crippen molar-refractivity contribution in [2.75, 3.05) is 0 Å². The van der Waals surface area contributed by atoms with Gasteiger partial charge in [-0.15, -0.1) is 0 Å². The molecule has 0 N–H and O–H groups in total. The fourth-order valence-electron chi connectivity index (χ4n) is 1.31. The number of aryl methyl sites for hydroxylation is 1. The van der Waals surface area contributed by atoms with Crippen LogP contribution in [-0.2, 0) is 5.11 Å². The molecule has 2 aromatic carbocycles. The summed E-state index contributed by atoms with van der Waals surface area (Å²) >= 11 is 0. The monoisotopic (exact) mass is 199 g/mol. The second-order valence-electron chi connectivity index (χ2n) is 3.37. The highest BCUT2D eigenvalue weighted by Crippen LogP contribution is 2.31. The van der Waals surface area contributed by atoms with Crippen molar-refractivity contribution in [3.63, 3.8) is 0 Å². The Balaban J connectivity index is 2.28. The first-order valence-electron chi connectivity index (χ1n) is 4.76. The quantitative estimate of drug-likeness (QED) is 0.720. The number of hydrogen-bond acceptors (Lipinski definition) is 1. The minimum atomic E-state index is -0.0931. The van der Waals surface area contributed by atoms with Crippen LogP contribution in [-0.4, -0.2) is 0 Å². The van der Waals surface area contributed by atoms with E-state index in [0.717, 1.165) is 5.56 Å². The van der Waals surface area contributed by atoms with E-state index < -0.39 is 0 Å². The molecule has 0 saturated carbocycles.